The number of Topliss-reactive ketones (excluding diaryl/α,β-unsaturated/α-hetero) is 1. The van der Waals surface area contributed by atoms with E-state index >= 15 is 0 Å². The first-order valence-electron chi connectivity index (χ1n) is 11.6. The third kappa shape index (κ3) is 10.1. The molecule has 0 unspecified atom stereocenters. The maximum atomic E-state index is 12.5. The molecule has 33 heavy (non-hydrogen) atoms. The lowest BCUT2D eigenvalue weighted by molar-refractivity contribution is -0.143. The van der Waals surface area contributed by atoms with Crippen molar-refractivity contribution in [3.8, 4) is 5.75 Å². The van der Waals surface area contributed by atoms with Crippen LogP contribution in [0.4, 0.5) is 0 Å². The molecule has 0 radical (unpaired) electrons. The van der Waals surface area contributed by atoms with Crippen molar-refractivity contribution in [3.63, 3.8) is 0 Å². The zero-order valence-corrected chi connectivity index (χ0v) is 22.7. The van der Waals surface area contributed by atoms with Gasteiger partial charge >= 0.3 is 5.97 Å². The van der Waals surface area contributed by atoms with Crippen LogP contribution in [0.15, 0.2) is 22.7 Å². The number of fused-ring (bicyclic) bond motifs is 1. The van der Waals surface area contributed by atoms with Gasteiger partial charge in [-0.2, -0.15) is 0 Å². The Bertz CT molecular complexity index is 900. The molecule has 2 aromatic rings. The molecule has 1 aromatic heterocycles. The number of hydrogen-bond acceptors (Lipinski definition) is 7. The summed E-state index contributed by atoms with van der Waals surface area (Å²) in [5, 5.41) is 0.964. The first kappa shape index (κ1) is 27.8. The Morgan fingerprint density at radius 1 is 0.939 bits per heavy atom. The van der Waals surface area contributed by atoms with Crippen LogP contribution in [0, 0.1) is 0 Å². The number of rotatable bonds is 16. The molecule has 6 nitrogen and oxygen atoms in total. The van der Waals surface area contributed by atoms with E-state index in [9.17, 15) is 9.59 Å². The van der Waals surface area contributed by atoms with Crippen LogP contribution < -0.4 is 4.74 Å². The molecule has 0 spiro atoms. The van der Waals surface area contributed by atoms with Crippen molar-refractivity contribution in [1.29, 1.82) is 0 Å². The second-order valence-electron chi connectivity index (χ2n) is 8.65. The third-order valence-electron chi connectivity index (χ3n) is 5.46. The number of carbonyl (C=O) groups is 2. The number of esters is 1. The Labute approximate surface area is 210 Å². The van der Waals surface area contributed by atoms with Gasteiger partial charge in [-0.15, -0.1) is 11.3 Å². The maximum Gasteiger partial charge on any atom is 0.306 e. The van der Waals surface area contributed by atoms with Crippen molar-refractivity contribution in [2.45, 2.75) is 44.9 Å². The van der Waals surface area contributed by atoms with Gasteiger partial charge in [-0.3, -0.25) is 9.59 Å². The van der Waals surface area contributed by atoms with Crippen LogP contribution in [0.25, 0.3) is 10.1 Å². The van der Waals surface area contributed by atoms with Crippen LogP contribution in [0.3, 0.4) is 0 Å². The van der Waals surface area contributed by atoms with Gasteiger partial charge in [-0.1, -0.05) is 12.8 Å². The number of ketones is 1. The first-order chi connectivity index (χ1) is 15.8. The minimum Gasteiger partial charge on any atom is -0.496 e. The topological polar surface area (TPSA) is 59.1 Å². The molecule has 184 valence electrons. The van der Waals surface area contributed by atoms with Crippen LogP contribution in [0.1, 0.15) is 54.6 Å². The van der Waals surface area contributed by atoms with E-state index in [2.05, 4.69) is 46.9 Å². The summed E-state index contributed by atoms with van der Waals surface area (Å²) in [6.45, 7) is 3.79. The van der Waals surface area contributed by atoms with E-state index in [0.717, 1.165) is 59.2 Å². The molecule has 0 saturated heterocycles. The van der Waals surface area contributed by atoms with Crippen LogP contribution in [-0.2, 0) is 9.53 Å². The van der Waals surface area contributed by atoms with Crippen molar-refractivity contribution >= 4 is 49.1 Å². The summed E-state index contributed by atoms with van der Waals surface area (Å²) < 4.78 is 12.5. The molecular weight excluding hydrogens is 504 g/mol. The number of unbranched alkanes of at least 4 members (excludes halogenated alkanes) is 3. The number of halogens is 1. The maximum absolute atomic E-state index is 12.5. The summed E-state index contributed by atoms with van der Waals surface area (Å²) in [6, 6.07) is 5.72. The molecule has 0 bridgehead atoms. The number of carbonyl (C=O) groups excluding carboxylic acids is 2. The molecule has 0 atom stereocenters. The highest BCUT2D eigenvalue weighted by atomic mass is 79.9. The molecule has 0 aliphatic rings. The lowest BCUT2D eigenvalue weighted by atomic mass is 10.1. The fourth-order valence-corrected chi connectivity index (χ4v) is 5.25. The van der Waals surface area contributed by atoms with Gasteiger partial charge in [0, 0.05) is 11.1 Å². The summed E-state index contributed by atoms with van der Waals surface area (Å²) in [5.74, 6) is 0.405. The molecule has 1 heterocycles. The van der Waals surface area contributed by atoms with Crippen LogP contribution in [0.5, 0.6) is 5.75 Å². The monoisotopic (exact) mass is 540 g/mol. The van der Waals surface area contributed by atoms with E-state index in [4.69, 9.17) is 9.47 Å². The summed E-state index contributed by atoms with van der Waals surface area (Å²) in [7, 11) is 8.00. The molecular formula is C25H37BrN2O4S. The van der Waals surface area contributed by atoms with Crippen molar-refractivity contribution in [3.05, 3.63) is 27.5 Å². The predicted octanol–water partition coefficient (Wildman–Crippen LogP) is 5.62. The lowest BCUT2D eigenvalue weighted by Gasteiger charge is -2.17. The first-order valence-corrected chi connectivity index (χ1v) is 13.2. The summed E-state index contributed by atoms with van der Waals surface area (Å²) in [4.78, 5) is 29.8. The molecule has 8 heteroatoms. The Morgan fingerprint density at radius 2 is 1.67 bits per heavy atom. The highest BCUT2D eigenvalue weighted by Gasteiger charge is 2.14. The summed E-state index contributed by atoms with van der Waals surface area (Å²) in [5.41, 5.74) is 0. The number of nitrogens with zero attached hydrogens (tertiary/aromatic N) is 2. The second kappa shape index (κ2) is 14.7. The summed E-state index contributed by atoms with van der Waals surface area (Å²) in [6.07, 6.45) is 5.72. The molecule has 0 saturated carbocycles. The van der Waals surface area contributed by atoms with Gasteiger partial charge in [-0.25, -0.2) is 0 Å². The Balaban J connectivity index is 1.57. The quantitative estimate of drug-likeness (QED) is 0.156. The number of hydrogen-bond donors (Lipinski definition) is 0. The van der Waals surface area contributed by atoms with E-state index in [1.165, 1.54) is 24.2 Å². The van der Waals surface area contributed by atoms with Gasteiger partial charge in [0.25, 0.3) is 0 Å². The highest BCUT2D eigenvalue weighted by molar-refractivity contribution is 9.10. The molecule has 2 rings (SSSR count). The number of thiophene rings is 1. The Hall–Kier alpha value is -1.48. The smallest absolute Gasteiger partial charge is 0.306 e. The van der Waals surface area contributed by atoms with E-state index in [1.54, 1.807) is 7.11 Å². The van der Waals surface area contributed by atoms with Crippen molar-refractivity contribution in [2.24, 2.45) is 0 Å². The predicted molar refractivity (Wildman–Crippen MR) is 140 cm³/mol. The normalized spacial score (nSPS) is 11.5. The van der Waals surface area contributed by atoms with E-state index in [0.29, 0.717) is 11.5 Å². The van der Waals surface area contributed by atoms with E-state index < -0.39 is 0 Å². The molecule has 0 N–H and O–H groups in total. The molecule has 1 aromatic carbocycles. The van der Waals surface area contributed by atoms with Gasteiger partial charge in [0.05, 0.1) is 29.5 Å². The third-order valence-corrected chi connectivity index (χ3v) is 7.22. The van der Waals surface area contributed by atoms with Crippen LogP contribution in [-0.4, -0.2) is 76.0 Å². The van der Waals surface area contributed by atoms with Gasteiger partial charge in [-0.05, 0) is 99.6 Å². The second-order valence-corrected chi connectivity index (χ2v) is 10.6. The SMILES string of the molecule is COc1cc2cc(C(=O)CCC(=O)OCCCCCCN(C)CCCN(C)C)sc2cc1Br. The summed E-state index contributed by atoms with van der Waals surface area (Å²) >= 11 is 4.90. The molecule has 0 amide bonds. The minimum absolute atomic E-state index is 0.0297. The average molecular weight is 542 g/mol. The minimum atomic E-state index is -0.297. The fraction of sp³-hybridized carbons (Fsp3) is 0.600. The van der Waals surface area contributed by atoms with Gasteiger partial charge < -0.3 is 19.3 Å². The largest absolute Gasteiger partial charge is 0.496 e. The Morgan fingerprint density at radius 3 is 2.39 bits per heavy atom. The standard InChI is InChI=1S/C25H37BrN2O4S/c1-27(2)12-9-14-28(3)13-7-5-6-8-15-32-25(30)11-10-21(29)24-17-19-16-22(31-4)20(26)18-23(19)33-24/h16-18H,5-15H2,1-4H3. The van der Waals surface area contributed by atoms with Crippen LogP contribution in [0.2, 0.25) is 0 Å². The molecule has 0 aliphatic carbocycles. The average Bonchev–Trinajstić information content (AvgIpc) is 3.18. The van der Waals surface area contributed by atoms with Crippen LogP contribution >= 0.6 is 27.3 Å². The van der Waals surface area contributed by atoms with E-state index in [1.807, 2.05) is 18.2 Å². The van der Waals surface area contributed by atoms with Gasteiger partial charge in [0.2, 0.25) is 0 Å². The van der Waals surface area contributed by atoms with Crippen molar-refractivity contribution in [2.75, 3.05) is 54.5 Å². The van der Waals surface area contributed by atoms with Crippen molar-refractivity contribution in [1.82, 2.24) is 9.80 Å². The number of benzene rings is 1. The number of methoxy groups -OCH3 is 1. The lowest BCUT2D eigenvalue weighted by Crippen LogP contribution is -2.24. The zero-order chi connectivity index (χ0) is 24.2. The van der Waals surface area contributed by atoms with Gasteiger partial charge in [0.15, 0.2) is 5.78 Å². The van der Waals surface area contributed by atoms with Crippen molar-refractivity contribution < 1.29 is 19.1 Å². The fourth-order valence-electron chi connectivity index (χ4n) is 3.54. The highest BCUT2D eigenvalue weighted by Crippen LogP contribution is 2.35. The van der Waals surface area contributed by atoms with Gasteiger partial charge in [0.1, 0.15) is 5.75 Å². The molecule has 0 aliphatic heterocycles. The van der Waals surface area contributed by atoms with E-state index in [-0.39, 0.29) is 24.6 Å². The molecule has 0 fully saturated rings. The Kier molecular flexibility index (Phi) is 12.4. The number of ether oxygens (including phenoxy) is 2. The zero-order valence-electron chi connectivity index (χ0n) is 20.3.